The van der Waals surface area contributed by atoms with Crippen molar-refractivity contribution in [1.29, 1.82) is 0 Å². The summed E-state index contributed by atoms with van der Waals surface area (Å²) >= 11 is 6.16. The van der Waals surface area contributed by atoms with Gasteiger partial charge in [0.2, 0.25) is 0 Å². The average Bonchev–Trinajstić information content (AvgIpc) is 2.59. The molecule has 0 N–H and O–H groups in total. The number of rotatable bonds is 1. The molecule has 1 aliphatic rings. The molecule has 1 heterocycles. The van der Waals surface area contributed by atoms with E-state index in [0.717, 1.165) is 22.9 Å². The van der Waals surface area contributed by atoms with Gasteiger partial charge in [0.1, 0.15) is 0 Å². The molecule has 0 bridgehead atoms. The Hall–Kier alpha value is -1.93. The van der Waals surface area contributed by atoms with Crippen molar-refractivity contribution in [3.8, 4) is 0 Å². The minimum absolute atomic E-state index is 0.753. The van der Waals surface area contributed by atoms with Crippen molar-refractivity contribution < 1.29 is 0 Å². The zero-order valence-electron chi connectivity index (χ0n) is 10.8. The average molecular weight is 271 g/mol. The fraction of sp³-hybridized carbons (Fsp3) is 0.125. The molecule has 0 amide bonds. The van der Waals surface area contributed by atoms with Crippen molar-refractivity contribution in [2.24, 2.45) is 0 Å². The maximum Gasteiger partial charge on any atom is 0.0704 e. The summed E-state index contributed by atoms with van der Waals surface area (Å²) in [6.45, 7) is 0.887. The first-order valence-electron chi connectivity index (χ1n) is 6.27. The van der Waals surface area contributed by atoms with E-state index in [0.29, 0.717) is 0 Å². The Morgan fingerprint density at radius 1 is 1.00 bits per heavy atom. The molecule has 0 aliphatic carbocycles. The van der Waals surface area contributed by atoms with Crippen molar-refractivity contribution in [2.75, 3.05) is 23.4 Å². The molecule has 2 nitrogen and oxygen atoms in total. The van der Waals surface area contributed by atoms with Crippen LogP contribution in [0.2, 0.25) is 5.02 Å². The molecule has 3 rings (SSSR count). The number of hydrogen-bond acceptors (Lipinski definition) is 2. The van der Waals surface area contributed by atoms with Gasteiger partial charge in [0.05, 0.1) is 11.4 Å². The van der Waals surface area contributed by atoms with Crippen LogP contribution >= 0.6 is 11.6 Å². The van der Waals surface area contributed by atoms with E-state index in [2.05, 4.69) is 47.3 Å². The molecule has 0 radical (unpaired) electrons. The maximum absolute atomic E-state index is 6.16. The molecule has 3 heteroatoms. The van der Waals surface area contributed by atoms with E-state index < -0.39 is 0 Å². The SMILES string of the molecule is CN1CC=CN(c2ccccc2)c2cc(Cl)ccc21. The van der Waals surface area contributed by atoms with Gasteiger partial charge in [-0.25, -0.2) is 0 Å². The highest BCUT2D eigenvalue weighted by Gasteiger charge is 2.16. The minimum Gasteiger partial charge on any atom is -0.369 e. The number of benzene rings is 2. The zero-order valence-corrected chi connectivity index (χ0v) is 11.5. The summed E-state index contributed by atoms with van der Waals surface area (Å²) in [5.74, 6) is 0. The lowest BCUT2D eigenvalue weighted by atomic mass is 10.2. The molecule has 96 valence electrons. The second kappa shape index (κ2) is 4.98. The summed E-state index contributed by atoms with van der Waals surface area (Å²) in [7, 11) is 2.09. The summed E-state index contributed by atoms with van der Waals surface area (Å²) in [5.41, 5.74) is 3.42. The van der Waals surface area contributed by atoms with E-state index in [1.165, 1.54) is 5.69 Å². The Morgan fingerprint density at radius 3 is 2.58 bits per heavy atom. The van der Waals surface area contributed by atoms with Crippen molar-refractivity contribution in [2.45, 2.75) is 0 Å². The predicted molar refractivity (Wildman–Crippen MR) is 82.4 cm³/mol. The van der Waals surface area contributed by atoms with Crippen LogP contribution in [-0.2, 0) is 0 Å². The molecule has 1 aliphatic heterocycles. The largest absolute Gasteiger partial charge is 0.369 e. The number of likely N-dealkylation sites (N-methyl/N-ethyl adjacent to an activating group) is 1. The van der Waals surface area contributed by atoms with Crippen LogP contribution < -0.4 is 9.80 Å². The van der Waals surface area contributed by atoms with Gasteiger partial charge >= 0.3 is 0 Å². The van der Waals surface area contributed by atoms with Crippen LogP contribution in [0.5, 0.6) is 0 Å². The molecule has 0 atom stereocenters. The number of para-hydroxylation sites is 1. The molecule has 0 aromatic heterocycles. The van der Waals surface area contributed by atoms with Gasteiger partial charge in [-0.3, -0.25) is 0 Å². The number of anilines is 3. The number of halogens is 1. The fourth-order valence-electron chi connectivity index (χ4n) is 2.32. The van der Waals surface area contributed by atoms with Crippen LogP contribution in [0.25, 0.3) is 0 Å². The summed E-state index contributed by atoms with van der Waals surface area (Å²) < 4.78 is 0. The first-order valence-corrected chi connectivity index (χ1v) is 6.65. The van der Waals surface area contributed by atoms with Gasteiger partial charge in [-0.2, -0.15) is 0 Å². The minimum atomic E-state index is 0.753. The van der Waals surface area contributed by atoms with E-state index in [-0.39, 0.29) is 0 Å². The highest BCUT2D eigenvalue weighted by atomic mass is 35.5. The van der Waals surface area contributed by atoms with Crippen LogP contribution in [-0.4, -0.2) is 13.6 Å². The van der Waals surface area contributed by atoms with Crippen LogP contribution in [0.4, 0.5) is 17.1 Å². The third kappa shape index (κ3) is 2.32. The summed E-state index contributed by atoms with van der Waals surface area (Å²) in [5, 5.41) is 0.753. The zero-order chi connectivity index (χ0) is 13.2. The third-order valence-corrected chi connectivity index (χ3v) is 3.51. The van der Waals surface area contributed by atoms with Gasteiger partial charge in [-0.05, 0) is 36.4 Å². The number of fused-ring (bicyclic) bond motifs is 1. The van der Waals surface area contributed by atoms with Gasteiger partial charge < -0.3 is 9.80 Å². The fourth-order valence-corrected chi connectivity index (χ4v) is 2.48. The number of hydrogen-bond donors (Lipinski definition) is 0. The predicted octanol–water partition coefficient (Wildman–Crippen LogP) is 4.44. The summed E-state index contributed by atoms with van der Waals surface area (Å²) in [4.78, 5) is 4.38. The molecule has 0 saturated carbocycles. The van der Waals surface area contributed by atoms with E-state index >= 15 is 0 Å². The molecule has 0 spiro atoms. The first kappa shape index (κ1) is 12.1. The monoisotopic (exact) mass is 270 g/mol. The van der Waals surface area contributed by atoms with Gasteiger partial charge in [0.15, 0.2) is 0 Å². The Bertz CT molecular complexity index is 607. The van der Waals surface area contributed by atoms with Crippen LogP contribution in [0.15, 0.2) is 60.8 Å². The smallest absolute Gasteiger partial charge is 0.0704 e. The Labute approximate surface area is 118 Å². The molecular formula is C16H15ClN2. The molecule has 19 heavy (non-hydrogen) atoms. The quantitative estimate of drug-likeness (QED) is 0.756. The highest BCUT2D eigenvalue weighted by molar-refractivity contribution is 6.31. The Kier molecular flexibility index (Phi) is 3.18. The Morgan fingerprint density at radius 2 is 1.79 bits per heavy atom. The van der Waals surface area contributed by atoms with Gasteiger partial charge in [0, 0.05) is 30.5 Å². The summed E-state index contributed by atoms with van der Waals surface area (Å²) in [6.07, 6.45) is 4.26. The lowest BCUT2D eigenvalue weighted by Gasteiger charge is -2.25. The standard InChI is InChI=1S/C16H15ClN2/c1-18-10-5-11-19(14-6-3-2-4-7-14)16-12-13(17)8-9-15(16)18/h2-9,11-12H,10H2,1H3. The maximum atomic E-state index is 6.16. The molecule has 2 aromatic carbocycles. The lowest BCUT2D eigenvalue weighted by Crippen LogP contribution is -2.17. The van der Waals surface area contributed by atoms with E-state index in [4.69, 9.17) is 11.6 Å². The molecular weight excluding hydrogens is 256 g/mol. The third-order valence-electron chi connectivity index (χ3n) is 3.28. The summed E-state index contributed by atoms with van der Waals surface area (Å²) in [6, 6.07) is 16.3. The molecule has 0 saturated heterocycles. The van der Waals surface area contributed by atoms with E-state index in [1.807, 2.05) is 30.3 Å². The van der Waals surface area contributed by atoms with Crippen LogP contribution in [0, 0.1) is 0 Å². The topological polar surface area (TPSA) is 6.48 Å². The van der Waals surface area contributed by atoms with Crippen molar-refractivity contribution in [3.05, 3.63) is 65.8 Å². The van der Waals surface area contributed by atoms with Crippen LogP contribution in [0.3, 0.4) is 0 Å². The van der Waals surface area contributed by atoms with Crippen molar-refractivity contribution in [3.63, 3.8) is 0 Å². The Balaban J connectivity index is 2.16. The first-order chi connectivity index (χ1) is 9.25. The van der Waals surface area contributed by atoms with Gasteiger partial charge in [0.25, 0.3) is 0 Å². The van der Waals surface area contributed by atoms with E-state index in [9.17, 15) is 0 Å². The molecule has 0 unspecified atom stereocenters. The van der Waals surface area contributed by atoms with E-state index in [1.54, 1.807) is 0 Å². The molecule has 0 fully saturated rings. The lowest BCUT2D eigenvalue weighted by molar-refractivity contribution is 1.04. The van der Waals surface area contributed by atoms with Crippen LogP contribution in [0.1, 0.15) is 0 Å². The normalized spacial score (nSPS) is 14.2. The number of nitrogens with zero attached hydrogens (tertiary/aromatic N) is 2. The highest BCUT2D eigenvalue weighted by Crippen LogP contribution is 2.37. The van der Waals surface area contributed by atoms with Crippen molar-refractivity contribution in [1.82, 2.24) is 0 Å². The van der Waals surface area contributed by atoms with Gasteiger partial charge in [-0.1, -0.05) is 29.8 Å². The van der Waals surface area contributed by atoms with Crippen molar-refractivity contribution >= 4 is 28.7 Å². The second-order valence-corrected chi connectivity index (χ2v) is 5.04. The van der Waals surface area contributed by atoms with Gasteiger partial charge in [-0.15, -0.1) is 0 Å². The second-order valence-electron chi connectivity index (χ2n) is 4.60. The molecule has 2 aromatic rings.